The lowest BCUT2D eigenvalue weighted by Gasteiger charge is -2.23. The fourth-order valence-electron chi connectivity index (χ4n) is 2.34. The normalized spacial score (nSPS) is 11.9. The lowest BCUT2D eigenvalue weighted by atomic mass is 10.1. The second-order valence-corrected chi connectivity index (χ2v) is 5.32. The first-order valence-corrected chi connectivity index (χ1v) is 7.36. The molecule has 1 aromatic carbocycles. The third-order valence-corrected chi connectivity index (χ3v) is 3.88. The average molecular weight is 307 g/mol. The monoisotopic (exact) mass is 307 g/mol. The molecular weight excluding hydrogens is 290 g/mol. The Hall–Kier alpha value is -2.95. The second kappa shape index (κ2) is 6.44. The number of benzene rings is 1. The summed E-state index contributed by atoms with van der Waals surface area (Å²) in [6.45, 7) is 1.96. The molecule has 1 atom stereocenters. The highest BCUT2D eigenvalue weighted by molar-refractivity contribution is 5.92. The summed E-state index contributed by atoms with van der Waals surface area (Å²) in [5.41, 5.74) is 2.58. The van der Waals surface area contributed by atoms with Crippen molar-refractivity contribution >= 4 is 5.91 Å². The number of carbonyl (C=O) groups excluding carboxylic acids is 1. The summed E-state index contributed by atoms with van der Waals surface area (Å²) in [6, 6.07) is 15.0. The first kappa shape index (κ1) is 15.0. The SMILES string of the molecule is C[C@@H](c1ccncc1)N(C)C(=O)c1cc(-c2ccccc2)no1. The topological polar surface area (TPSA) is 59.2 Å². The molecule has 23 heavy (non-hydrogen) atoms. The van der Waals surface area contributed by atoms with E-state index < -0.39 is 0 Å². The molecule has 2 aromatic heterocycles. The molecule has 0 fully saturated rings. The standard InChI is InChI=1S/C18H17N3O2/c1-13(14-8-10-19-11-9-14)21(2)18(22)17-12-16(20-23-17)15-6-4-3-5-7-15/h3-13H,1-2H3/t13-/m0/s1. The molecule has 0 saturated carbocycles. The van der Waals surface area contributed by atoms with Gasteiger partial charge in [-0.2, -0.15) is 0 Å². The van der Waals surface area contributed by atoms with Crippen LogP contribution in [0.1, 0.15) is 29.1 Å². The molecule has 0 N–H and O–H groups in total. The fraction of sp³-hybridized carbons (Fsp3) is 0.167. The van der Waals surface area contributed by atoms with Crippen LogP contribution in [0.4, 0.5) is 0 Å². The van der Waals surface area contributed by atoms with Crippen LogP contribution in [-0.4, -0.2) is 28.0 Å². The molecule has 1 amide bonds. The molecule has 0 bridgehead atoms. The van der Waals surface area contributed by atoms with E-state index in [9.17, 15) is 4.79 Å². The molecule has 5 heteroatoms. The van der Waals surface area contributed by atoms with Gasteiger partial charge in [-0.05, 0) is 24.6 Å². The zero-order valence-corrected chi connectivity index (χ0v) is 13.0. The van der Waals surface area contributed by atoms with Crippen molar-refractivity contribution < 1.29 is 9.32 Å². The van der Waals surface area contributed by atoms with E-state index in [0.29, 0.717) is 5.69 Å². The number of hydrogen-bond donors (Lipinski definition) is 0. The van der Waals surface area contributed by atoms with Crippen molar-refractivity contribution in [1.82, 2.24) is 15.0 Å². The average Bonchev–Trinajstić information content (AvgIpc) is 3.11. The Morgan fingerprint density at radius 1 is 1.13 bits per heavy atom. The van der Waals surface area contributed by atoms with E-state index >= 15 is 0 Å². The van der Waals surface area contributed by atoms with Gasteiger partial charge in [-0.25, -0.2) is 0 Å². The molecule has 0 aliphatic rings. The molecule has 3 aromatic rings. The molecular formula is C18H17N3O2. The van der Waals surface area contributed by atoms with Crippen molar-refractivity contribution in [2.75, 3.05) is 7.05 Å². The van der Waals surface area contributed by atoms with E-state index in [1.807, 2.05) is 49.4 Å². The maximum atomic E-state index is 12.6. The van der Waals surface area contributed by atoms with Gasteiger partial charge in [0.05, 0.1) is 6.04 Å². The number of pyridine rings is 1. The number of nitrogens with zero attached hydrogens (tertiary/aromatic N) is 3. The van der Waals surface area contributed by atoms with Gasteiger partial charge in [-0.3, -0.25) is 9.78 Å². The number of hydrogen-bond acceptors (Lipinski definition) is 4. The highest BCUT2D eigenvalue weighted by Crippen LogP contribution is 2.23. The Kier molecular flexibility index (Phi) is 4.19. The molecule has 0 aliphatic carbocycles. The van der Waals surface area contributed by atoms with Crippen molar-refractivity contribution in [3.63, 3.8) is 0 Å². The first-order chi connectivity index (χ1) is 11.2. The van der Waals surface area contributed by atoms with Gasteiger partial charge in [-0.15, -0.1) is 0 Å². The smallest absolute Gasteiger partial charge is 0.292 e. The van der Waals surface area contributed by atoms with E-state index in [-0.39, 0.29) is 17.7 Å². The summed E-state index contributed by atoms with van der Waals surface area (Å²) in [5.74, 6) is 0.0243. The largest absolute Gasteiger partial charge is 0.350 e. The van der Waals surface area contributed by atoms with Crippen LogP contribution >= 0.6 is 0 Å². The Bertz CT molecular complexity index is 784. The van der Waals surface area contributed by atoms with Crippen LogP contribution < -0.4 is 0 Å². The van der Waals surface area contributed by atoms with Crippen LogP contribution in [0, 0.1) is 0 Å². The lowest BCUT2D eigenvalue weighted by molar-refractivity contribution is 0.0700. The van der Waals surface area contributed by atoms with Crippen molar-refractivity contribution in [2.24, 2.45) is 0 Å². The van der Waals surface area contributed by atoms with Crippen molar-refractivity contribution in [2.45, 2.75) is 13.0 Å². The Balaban J connectivity index is 1.79. The van der Waals surface area contributed by atoms with Gasteiger partial charge in [-0.1, -0.05) is 35.5 Å². The minimum atomic E-state index is -0.205. The van der Waals surface area contributed by atoms with Gasteiger partial charge in [0.1, 0.15) is 5.69 Å². The molecule has 2 heterocycles. The Morgan fingerprint density at radius 3 is 2.52 bits per heavy atom. The van der Waals surface area contributed by atoms with Crippen LogP contribution in [0.3, 0.4) is 0 Å². The maximum absolute atomic E-state index is 12.6. The summed E-state index contributed by atoms with van der Waals surface area (Å²) in [4.78, 5) is 18.2. The summed E-state index contributed by atoms with van der Waals surface area (Å²) >= 11 is 0. The van der Waals surface area contributed by atoms with Crippen LogP contribution in [0.25, 0.3) is 11.3 Å². The van der Waals surface area contributed by atoms with Crippen LogP contribution in [0.2, 0.25) is 0 Å². The molecule has 116 valence electrons. The highest BCUT2D eigenvalue weighted by atomic mass is 16.5. The second-order valence-electron chi connectivity index (χ2n) is 5.32. The zero-order chi connectivity index (χ0) is 16.2. The Morgan fingerprint density at radius 2 is 1.83 bits per heavy atom. The number of amides is 1. The van der Waals surface area contributed by atoms with Crippen molar-refractivity contribution in [3.8, 4) is 11.3 Å². The third kappa shape index (κ3) is 3.13. The Labute approximate surface area is 134 Å². The van der Waals surface area contributed by atoms with Gasteiger partial charge in [0.2, 0.25) is 5.76 Å². The number of aromatic nitrogens is 2. The van der Waals surface area contributed by atoms with E-state index in [1.54, 1.807) is 30.4 Å². The van der Waals surface area contributed by atoms with Crippen LogP contribution in [0.15, 0.2) is 65.4 Å². The van der Waals surface area contributed by atoms with Crippen LogP contribution in [-0.2, 0) is 0 Å². The third-order valence-electron chi connectivity index (χ3n) is 3.88. The highest BCUT2D eigenvalue weighted by Gasteiger charge is 2.22. The summed E-state index contributed by atoms with van der Waals surface area (Å²) in [7, 11) is 1.75. The summed E-state index contributed by atoms with van der Waals surface area (Å²) in [5, 5.41) is 3.99. The van der Waals surface area contributed by atoms with E-state index in [2.05, 4.69) is 10.1 Å². The number of rotatable bonds is 4. The van der Waals surface area contributed by atoms with E-state index in [0.717, 1.165) is 11.1 Å². The summed E-state index contributed by atoms with van der Waals surface area (Å²) < 4.78 is 5.23. The zero-order valence-electron chi connectivity index (χ0n) is 13.0. The minimum Gasteiger partial charge on any atom is -0.350 e. The quantitative estimate of drug-likeness (QED) is 0.739. The molecule has 0 unspecified atom stereocenters. The van der Waals surface area contributed by atoms with E-state index in [4.69, 9.17) is 4.52 Å². The predicted octanol–water partition coefficient (Wildman–Crippen LogP) is 3.57. The molecule has 0 aliphatic heterocycles. The van der Waals surface area contributed by atoms with Crippen molar-refractivity contribution in [1.29, 1.82) is 0 Å². The van der Waals surface area contributed by atoms with Gasteiger partial charge in [0, 0.05) is 31.1 Å². The molecule has 0 spiro atoms. The predicted molar refractivity (Wildman–Crippen MR) is 86.7 cm³/mol. The minimum absolute atomic E-state index is 0.0872. The lowest BCUT2D eigenvalue weighted by Crippen LogP contribution is -2.29. The van der Waals surface area contributed by atoms with Gasteiger partial charge in [0.25, 0.3) is 5.91 Å². The first-order valence-electron chi connectivity index (χ1n) is 7.36. The molecule has 0 saturated heterocycles. The number of carbonyl (C=O) groups is 1. The van der Waals surface area contributed by atoms with Gasteiger partial charge in [0.15, 0.2) is 0 Å². The van der Waals surface area contributed by atoms with Crippen LogP contribution in [0.5, 0.6) is 0 Å². The van der Waals surface area contributed by atoms with Gasteiger partial charge < -0.3 is 9.42 Å². The fourth-order valence-corrected chi connectivity index (χ4v) is 2.34. The maximum Gasteiger partial charge on any atom is 0.292 e. The molecule has 0 radical (unpaired) electrons. The molecule has 3 rings (SSSR count). The van der Waals surface area contributed by atoms with Crippen molar-refractivity contribution in [3.05, 3.63) is 72.2 Å². The summed E-state index contributed by atoms with van der Waals surface area (Å²) in [6.07, 6.45) is 3.43. The van der Waals surface area contributed by atoms with E-state index in [1.165, 1.54) is 0 Å². The van der Waals surface area contributed by atoms with Gasteiger partial charge >= 0.3 is 0 Å². The molecule has 5 nitrogen and oxygen atoms in total.